The topological polar surface area (TPSA) is 83.7 Å². The molecule has 3 aromatic heterocycles. The number of hydrogen-bond acceptors (Lipinski definition) is 4. The van der Waals surface area contributed by atoms with Gasteiger partial charge in [-0.25, -0.2) is 4.98 Å². The highest BCUT2D eigenvalue weighted by atomic mass is 16.5. The zero-order chi connectivity index (χ0) is 29.1. The van der Waals surface area contributed by atoms with Crippen LogP contribution in [0.4, 0.5) is 0 Å². The molecule has 0 saturated heterocycles. The fourth-order valence-corrected chi connectivity index (χ4v) is 5.38. The van der Waals surface area contributed by atoms with Crippen LogP contribution in [0.5, 0.6) is 0 Å². The molecule has 0 amide bonds. The van der Waals surface area contributed by atoms with E-state index in [-0.39, 0.29) is 5.97 Å². The third-order valence-electron chi connectivity index (χ3n) is 7.83. The fourth-order valence-electron chi connectivity index (χ4n) is 5.38. The normalized spacial score (nSPS) is 14.3. The number of rotatable bonds is 4. The Bertz CT molecular complexity index is 1650. The Morgan fingerprint density at radius 2 is 1.70 bits per heavy atom. The van der Waals surface area contributed by atoms with E-state index in [0.29, 0.717) is 12.5 Å². The summed E-state index contributed by atoms with van der Waals surface area (Å²) in [5.41, 5.74) is 16.0. The standard InChI is InChI=1S/C29H32N4.C5H10O2/c1-8-20-18(6)27-14-29-21(9-2)17(5)26(32-29)12-22-15(3)10-24(30-22)19(7)25-11-16(4)23(31-25)13-28(20)33-27;1-3-4-7-5(2)6/h9,11-15,32-33H,2,8,10H2,1,3-7H3;3-4H2,1-2H3. The number of esters is 1. The van der Waals surface area contributed by atoms with Crippen LogP contribution in [0.3, 0.4) is 0 Å². The molecule has 0 saturated carbocycles. The molecule has 3 aromatic rings. The monoisotopic (exact) mass is 538 g/mol. The van der Waals surface area contributed by atoms with Crippen LogP contribution >= 0.6 is 0 Å². The SMILES string of the molecule is C=Cc1c(C)c2cc3nc(c(C)c4nc(cc5[nH]c(cc1[nH]2)c(C)c5CC)C(C)=C4)CC3C.CCCOC(C)=O. The second kappa shape index (κ2) is 12.1. The number of ether oxygens (including phenoxy) is 1. The van der Waals surface area contributed by atoms with Crippen molar-refractivity contribution in [3.05, 3.63) is 75.4 Å². The molecule has 210 valence electrons. The van der Waals surface area contributed by atoms with Gasteiger partial charge in [-0.2, -0.15) is 0 Å². The molecule has 2 aliphatic rings. The molecule has 1 unspecified atom stereocenters. The van der Waals surface area contributed by atoms with E-state index in [2.05, 4.69) is 87.1 Å². The van der Waals surface area contributed by atoms with Crippen molar-refractivity contribution >= 4 is 45.8 Å². The zero-order valence-corrected chi connectivity index (χ0v) is 25.2. The molecule has 5 heterocycles. The number of fused-ring (bicyclic) bond motifs is 8. The van der Waals surface area contributed by atoms with Crippen molar-refractivity contribution in [1.29, 1.82) is 0 Å². The molecular weight excluding hydrogens is 496 g/mol. The van der Waals surface area contributed by atoms with Crippen molar-refractivity contribution < 1.29 is 9.53 Å². The van der Waals surface area contributed by atoms with Crippen molar-refractivity contribution in [2.45, 2.75) is 80.6 Å². The van der Waals surface area contributed by atoms with Crippen LogP contribution in [-0.4, -0.2) is 32.5 Å². The molecule has 0 aromatic carbocycles. The molecule has 0 spiro atoms. The van der Waals surface area contributed by atoms with E-state index in [9.17, 15) is 4.79 Å². The largest absolute Gasteiger partial charge is 0.466 e. The highest BCUT2D eigenvalue weighted by Gasteiger charge is 2.20. The molecule has 2 aliphatic heterocycles. The van der Waals surface area contributed by atoms with Gasteiger partial charge in [0.05, 0.1) is 18.0 Å². The molecule has 0 fully saturated rings. The summed E-state index contributed by atoms with van der Waals surface area (Å²) in [5.74, 6) is 0.178. The Balaban J connectivity index is 0.000000470. The number of carbonyl (C=O) groups is 1. The second-order valence-electron chi connectivity index (χ2n) is 10.8. The molecule has 6 heteroatoms. The van der Waals surface area contributed by atoms with Crippen LogP contribution in [0.25, 0.3) is 39.8 Å². The molecule has 2 N–H and O–H groups in total. The summed E-state index contributed by atoms with van der Waals surface area (Å²) in [4.78, 5) is 27.4. The molecule has 0 aliphatic carbocycles. The van der Waals surface area contributed by atoms with Gasteiger partial charge < -0.3 is 14.7 Å². The lowest BCUT2D eigenvalue weighted by Gasteiger charge is -2.00. The number of nitrogens with zero attached hydrogens (tertiary/aromatic N) is 2. The molecule has 40 heavy (non-hydrogen) atoms. The predicted molar refractivity (Wildman–Crippen MR) is 167 cm³/mol. The van der Waals surface area contributed by atoms with Crippen molar-refractivity contribution in [2.24, 2.45) is 0 Å². The van der Waals surface area contributed by atoms with Crippen LogP contribution in [-0.2, 0) is 22.4 Å². The van der Waals surface area contributed by atoms with E-state index >= 15 is 0 Å². The first-order chi connectivity index (χ1) is 19.1. The van der Waals surface area contributed by atoms with E-state index in [1.54, 1.807) is 0 Å². The molecular formula is C34H42N4O2. The van der Waals surface area contributed by atoms with Crippen LogP contribution in [0.1, 0.15) is 97.6 Å². The number of aromatic nitrogens is 4. The summed E-state index contributed by atoms with van der Waals surface area (Å²) in [6, 6.07) is 6.63. The first kappa shape index (κ1) is 29.1. The molecule has 0 radical (unpaired) electrons. The summed E-state index contributed by atoms with van der Waals surface area (Å²) >= 11 is 0. The minimum absolute atomic E-state index is 0.193. The van der Waals surface area contributed by atoms with Crippen LogP contribution < -0.4 is 0 Å². The van der Waals surface area contributed by atoms with E-state index in [1.807, 2.05) is 13.0 Å². The van der Waals surface area contributed by atoms with Crippen LogP contribution in [0, 0.1) is 20.8 Å². The van der Waals surface area contributed by atoms with Crippen molar-refractivity contribution in [2.75, 3.05) is 6.61 Å². The minimum Gasteiger partial charge on any atom is -0.466 e. The van der Waals surface area contributed by atoms with Gasteiger partial charge in [0.2, 0.25) is 0 Å². The van der Waals surface area contributed by atoms with Crippen molar-refractivity contribution in [3.63, 3.8) is 0 Å². The van der Waals surface area contributed by atoms with Gasteiger partial charge in [0.15, 0.2) is 0 Å². The van der Waals surface area contributed by atoms with Gasteiger partial charge in [0.25, 0.3) is 0 Å². The number of carbonyl (C=O) groups excluding carboxylic acids is 1. The smallest absolute Gasteiger partial charge is 0.302 e. The number of nitrogens with one attached hydrogen (secondary N) is 2. The third-order valence-corrected chi connectivity index (χ3v) is 7.83. The lowest BCUT2D eigenvalue weighted by molar-refractivity contribution is -0.140. The second-order valence-corrected chi connectivity index (χ2v) is 10.8. The highest BCUT2D eigenvalue weighted by Crippen LogP contribution is 2.31. The maximum Gasteiger partial charge on any atom is 0.302 e. The van der Waals surface area contributed by atoms with E-state index in [1.165, 1.54) is 34.8 Å². The number of aromatic amines is 2. The first-order valence-electron chi connectivity index (χ1n) is 14.2. The lowest BCUT2D eigenvalue weighted by atomic mass is 10.0. The Labute approximate surface area is 237 Å². The number of aryl methyl sites for hydroxylation is 3. The highest BCUT2D eigenvalue weighted by molar-refractivity contribution is 5.86. The summed E-state index contributed by atoms with van der Waals surface area (Å²) in [7, 11) is 0. The maximum absolute atomic E-state index is 9.98. The maximum atomic E-state index is 9.98. The molecule has 5 rings (SSSR count). The first-order valence-corrected chi connectivity index (χ1v) is 14.2. The van der Waals surface area contributed by atoms with Gasteiger partial charge in [0.1, 0.15) is 0 Å². The lowest BCUT2D eigenvalue weighted by Crippen LogP contribution is -1.98. The Morgan fingerprint density at radius 3 is 2.33 bits per heavy atom. The van der Waals surface area contributed by atoms with E-state index in [4.69, 9.17) is 9.97 Å². The number of allylic oxidation sites excluding steroid dienone is 1. The van der Waals surface area contributed by atoms with Gasteiger partial charge in [-0.3, -0.25) is 9.78 Å². The molecule has 6 nitrogen and oxygen atoms in total. The minimum atomic E-state index is -0.193. The van der Waals surface area contributed by atoms with Gasteiger partial charge in [-0.1, -0.05) is 33.4 Å². The van der Waals surface area contributed by atoms with Crippen LogP contribution in [0.15, 0.2) is 24.8 Å². The fraction of sp³-hybridized carbons (Fsp3) is 0.382. The summed E-state index contributed by atoms with van der Waals surface area (Å²) in [5, 5.41) is 0. The van der Waals surface area contributed by atoms with Gasteiger partial charge in [-0.15, -0.1) is 0 Å². The molecule has 8 bridgehead atoms. The van der Waals surface area contributed by atoms with Crippen molar-refractivity contribution in [1.82, 2.24) is 19.9 Å². The number of H-pyrrole nitrogens is 2. The summed E-state index contributed by atoms with van der Waals surface area (Å²) < 4.78 is 4.55. The third kappa shape index (κ3) is 5.81. The summed E-state index contributed by atoms with van der Waals surface area (Å²) in [6.07, 6.45) is 6.95. The van der Waals surface area contributed by atoms with Crippen LogP contribution in [0.2, 0.25) is 0 Å². The van der Waals surface area contributed by atoms with Gasteiger partial charge >= 0.3 is 5.97 Å². The predicted octanol–water partition coefficient (Wildman–Crippen LogP) is 8.31. The Morgan fingerprint density at radius 1 is 1.00 bits per heavy atom. The van der Waals surface area contributed by atoms with Gasteiger partial charge in [-0.05, 0) is 99.1 Å². The average Bonchev–Trinajstić information content (AvgIpc) is 3.63. The quantitative estimate of drug-likeness (QED) is 0.327. The Hall–Kier alpha value is -3.93. The van der Waals surface area contributed by atoms with Gasteiger partial charge in [0, 0.05) is 51.9 Å². The van der Waals surface area contributed by atoms with E-state index in [0.717, 1.165) is 69.7 Å². The average molecular weight is 539 g/mol. The van der Waals surface area contributed by atoms with E-state index < -0.39 is 0 Å². The molecule has 1 atom stereocenters. The zero-order valence-electron chi connectivity index (χ0n) is 25.2. The Kier molecular flexibility index (Phi) is 8.77. The summed E-state index contributed by atoms with van der Waals surface area (Å²) in [6.45, 7) is 21.1. The van der Waals surface area contributed by atoms with Crippen molar-refractivity contribution in [3.8, 4) is 0 Å². The number of hydrogen-bond donors (Lipinski definition) is 2.